The Bertz CT molecular complexity index is 2000. The summed E-state index contributed by atoms with van der Waals surface area (Å²) in [5, 5.41) is 12.9. The van der Waals surface area contributed by atoms with E-state index in [0.29, 0.717) is 45.9 Å². The van der Waals surface area contributed by atoms with E-state index in [9.17, 15) is 22.4 Å². The summed E-state index contributed by atoms with van der Waals surface area (Å²) in [6.45, 7) is 3.88. The average Bonchev–Trinajstić information content (AvgIpc) is 3.10. The molecule has 49 heavy (non-hydrogen) atoms. The maximum Gasteiger partial charge on any atom is 0.292 e. The first-order valence-electron chi connectivity index (χ1n) is 15.3. The van der Waals surface area contributed by atoms with Gasteiger partial charge in [0.25, 0.3) is 11.1 Å². The van der Waals surface area contributed by atoms with Crippen LogP contribution in [-0.2, 0) is 10.0 Å². The van der Waals surface area contributed by atoms with E-state index in [-0.39, 0.29) is 40.9 Å². The Morgan fingerprint density at radius 2 is 1.18 bits per heavy atom. The van der Waals surface area contributed by atoms with Crippen molar-refractivity contribution in [2.24, 2.45) is 0 Å². The summed E-state index contributed by atoms with van der Waals surface area (Å²) in [6, 6.07) is 13.6. The van der Waals surface area contributed by atoms with Gasteiger partial charge in [0, 0.05) is 62.4 Å². The first-order chi connectivity index (χ1) is 23.5. The molecular weight excluding hydrogens is 741 g/mol. The van der Waals surface area contributed by atoms with Crippen LogP contribution >= 0.6 is 46.4 Å². The monoisotopic (exact) mass is 772 g/mol. The van der Waals surface area contributed by atoms with Crippen LogP contribution < -0.4 is 26.2 Å². The van der Waals surface area contributed by atoms with Gasteiger partial charge in [-0.1, -0.05) is 58.5 Å². The molecule has 2 aromatic heterocycles. The van der Waals surface area contributed by atoms with Crippen molar-refractivity contribution >= 4 is 67.8 Å². The van der Waals surface area contributed by atoms with Crippen LogP contribution in [-0.4, -0.2) is 97.1 Å². The van der Waals surface area contributed by atoms with Gasteiger partial charge in [0.15, 0.2) is 0 Å². The Kier molecular flexibility index (Phi) is 12.6. The van der Waals surface area contributed by atoms with E-state index in [2.05, 4.69) is 20.4 Å². The van der Waals surface area contributed by atoms with Gasteiger partial charge in [-0.25, -0.2) is 8.42 Å². The van der Waals surface area contributed by atoms with Gasteiger partial charge in [-0.3, -0.25) is 14.0 Å². The number of halogens is 5. The number of anilines is 2. The van der Waals surface area contributed by atoms with Gasteiger partial charge in [-0.2, -0.15) is 23.9 Å². The van der Waals surface area contributed by atoms with Crippen LogP contribution in [0.25, 0.3) is 11.4 Å². The Labute approximate surface area is 302 Å². The number of piperazine rings is 2. The minimum absolute atomic E-state index is 0.00344. The highest BCUT2D eigenvalue weighted by Gasteiger charge is 2.28. The zero-order valence-corrected chi connectivity index (χ0v) is 30.0. The fourth-order valence-corrected chi connectivity index (χ4v) is 7.67. The summed E-state index contributed by atoms with van der Waals surface area (Å²) < 4.78 is 40.4. The van der Waals surface area contributed by atoms with E-state index < -0.39 is 22.3 Å². The minimum Gasteiger partial charge on any atom is -0.366 e. The molecule has 1 N–H and O–H groups in total. The molecule has 4 aromatic rings. The van der Waals surface area contributed by atoms with Crippen molar-refractivity contribution in [2.75, 3.05) is 74.6 Å². The Morgan fingerprint density at radius 1 is 0.714 bits per heavy atom. The number of nitrogens with zero attached hydrogens (tertiary/aromatic N) is 7. The Balaban J connectivity index is 0.000000199. The zero-order chi connectivity index (χ0) is 35.1. The van der Waals surface area contributed by atoms with E-state index in [1.165, 1.54) is 15.2 Å². The van der Waals surface area contributed by atoms with E-state index in [4.69, 9.17) is 46.4 Å². The number of hydrogen-bond acceptors (Lipinski definition) is 9. The maximum absolute atomic E-state index is 12.6. The second kappa shape index (κ2) is 16.6. The van der Waals surface area contributed by atoms with Gasteiger partial charge in [0.1, 0.15) is 10.0 Å². The lowest BCUT2D eigenvalue weighted by molar-refractivity contribution is 0.381. The standard InChI is InChI=1S/C17H19Cl2FN4O3S.C14H14Cl2N4O/c18-13-3-1-4-14(11-13)24-17(25)16(19)15(12-21-24)22-6-8-23(9-7-22)28(26,27)10-2-5-20;15-10-2-1-3-11(8-10)20-14(21)13(16)12(9-18-20)19-6-4-17-5-7-19/h1,3-4,11-12H,2,5-10H2;1-3,8-9,17H,4-7H2. The molecule has 18 heteroatoms. The van der Waals surface area contributed by atoms with Crippen molar-refractivity contribution in [3.8, 4) is 11.4 Å². The molecule has 0 aliphatic carbocycles. The van der Waals surface area contributed by atoms with Crippen LogP contribution in [0, 0.1) is 0 Å². The van der Waals surface area contributed by atoms with Crippen LogP contribution in [0.15, 0.2) is 70.5 Å². The minimum atomic E-state index is -3.48. The molecule has 2 fully saturated rings. The van der Waals surface area contributed by atoms with Crippen LogP contribution in [0.4, 0.5) is 15.8 Å². The molecule has 262 valence electrons. The van der Waals surface area contributed by atoms with Gasteiger partial charge < -0.3 is 15.1 Å². The topological polar surface area (TPSA) is 126 Å². The lowest BCUT2D eigenvalue weighted by Gasteiger charge is -2.35. The molecule has 4 heterocycles. The largest absolute Gasteiger partial charge is 0.366 e. The predicted octanol–water partition coefficient (Wildman–Crippen LogP) is 4.30. The number of hydrogen-bond donors (Lipinski definition) is 1. The third kappa shape index (κ3) is 8.92. The zero-order valence-electron chi connectivity index (χ0n) is 26.1. The molecule has 0 unspecified atom stereocenters. The van der Waals surface area contributed by atoms with E-state index in [1.807, 2.05) is 4.90 Å². The molecule has 0 radical (unpaired) electrons. The normalized spacial score (nSPS) is 15.5. The second-order valence-electron chi connectivity index (χ2n) is 11.1. The summed E-state index contributed by atoms with van der Waals surface area (Å²) in [4.78, 5) is 29.0. The molecule has 2 saturated heterocycles. The summed E-state index contributed by atoms with van der Waals surface area (Å²) in [5.74, 6) is -0.207. The van der Waals surface area contributed by atoms with Gasteiger partial charge >= 0.3 is 0 Å². The highest BCUT2D eigenvalue weighted by molar-refractivity contribution is 7.89. The fourth-order valence-electron chi connectivity index (χ4n) is 5.35. The number of rotatable bonds is 8. The van der Waals surface area contributed by atoms with Crippen molar-refractivity contribution in [2.45, 2.75) is 6.42 Å². The van der Waals surface area contributed by atoms with Gasteiger partial charge in [-0.15, -0.1) is 0 Å². The number of benzene rings is 2. The number of alkyl halides is 1. The quantitative estimate of drug-likeness (QED) is 0.279. The summed E-state index contributed by atoms with van der Waals surface area (Å²) >= 11 is 24.5. The molecule has 2 aromatic carbocycles. The third-order valence-corrected chi connectivity index (χ3v) is 11.0. The van der Waals surface area contributed by atoms with Crippen molar-refractivity contribution in [3.05, 3.63) is 102 Å². The average molecular weight is 775 g/mol. The predicted molar refractivity (Wildman–Crippen MR) is 193 cm³/mol. The molecule has 2 aliphatic heterocycles. The number of nitrogens with one attached hydrogen (secondary N) is 1. The number of sulfonamides is 1. The van der Waals surface area contributed by atoms with Crippen LogP contribution in [0.5, 0.6) is 0 Å². The second-order valence-corrected chi connectivity index (χ2v) is 14.8. The van der Waals surface area contributed by atoms with E-state index >= 15 is 0 Å². The van der Waals surface area contributed by atoms with E-state index in [1.54, 1.807) is 54.7 Å². The molecule has 0 saturated carbocycles. The first-order valence-corrected chi connectivity index (χ1v) is 18.4. The molecule has 2 aliphatic rings. The lowest BCUT2D eigenvalue weighted by Crippen LogP contribution is -2.49. The molecule has 0 atom stereocenters. The molecule has 0 bridgehead atoms. The summed E-state index contributed by atoms with van der Waals surface area (Å²) in [6.07, 6.45) is 3.11. The Hall–Kier alpha value is -3.24. The summed E-state index contributed by atoms with van der Waals surface area (Å²) in [5.41, 5.74) is 1.40. The molecule has 6 rings (SSSR count). The van der Waals surface area contributed by atoms with Crippen LogP contribution in [0.3, 0.4) is 0 Å². The first kappa shape index (κ1) is 37.0. The van der Waals surface area contributed by atoms with Crippen molar-refractivity contribution in [3.63, 3.8) is 0 Å². The van der Waals surface area contributed by atoms with Crippen molar-refractivity contribution < 1.29 is 12.8 Å². The molecule has 12 nitrogen and oxygen atoms in total. The van der Waals surface area contributed by atoms with Gasteiger partial charge in [0.05, 0.1) is 47.6 Å². The van der Waals surface area contributed by atoms with E-state index in [0.717, 1.165) is 30.9 Å². The molecule has 0 spiro atoms. The number of aromatic nitrogens is 4. The molecular formula is C31H33Cl4FN8O4S. The van der Waals surface area contributed by atoms with Gasteiger partial charge in [-0.05, 0) is 42.8 Å². The lowest BCUT2D eigenvalue weighted by atomic mass is 10.3. The molecule has 0 amide bonds. The van der Waals surface area contributed by atoms with Crippen LogP contribution in [0.1, 0.15) is 6.42 Å². The van der Waals surface area contributed by atoms with Gasteiger partial charge in [0.2, 0.25) is 10.0 Å². The maximum atomic E-state index is 12.6. The third-order valence-electron chi connectivity index (χ3n) is 7.87. The smallest absolute Gasteiger partial charge is 0.292 e. The van der Waals surface area contributed by atoms with Crippen molar-refractivity contribution in [1.82, 2.24) is 29.2 Å². The Morgan fingerprint density at radius 3 is 1.63 bits per heavy atom. The summed E-state index contributed by atoms with van der Waals surface area (Å²) in [7, 11) is -3.48. The van der Waals surface area contributed by atoms with Crippen LogP contribution in [0.2, 0.25) is 20.1 Å². The fraction of sp³-hybridized carbons (Fsp3) is 0.355. The SMILES string of the molecule is O=c1c(Cl)c(N2CCN(S(=O)(=O)CCCF)CC2)cnn1-c1cccc(Cl)c1.O=c1c(Cl)c(N2CCNCC2)cnn1-c1cccc(Cl)c1. The van der Waals surface area contributed by atoms with Crippen molar-refractivity contribution in [1.29, 1.82) is 0 Å². The highest BCUT2D eigenvalue weighted by Crippen LogP contribution is 2.25. The highest BCUT2D eigenvalue weighted by atomic mass is 35.5.